The first-order valence-electron chi connectivity index (χ1n) is 6.60. The largest absolute Gasteiger partial charge is 0.383 e. The van der Waals surface area contributed by atoms with Crippen molar-refractivity contribution in [3.63, 3.8) is 0 Å². The zero-order valence-corrected chi connectivity index (χ0v) is 11.3. The molecule has 0 amide bonds. The van der Waals surface area contributed by atoms with Gasteiger partial charge in [-0.05, 0) is 32.4 Å². The summed E-state index contributed by atoms with van der Waals surface area (Å²) < 4.78 is 5.14. The van der Waals surface area contributed by atoms with Gasteiger partial charge in [0.2, 0.25) is 0 Å². The second-order valence-electron chi connectivity index (χ2n) is 4.74. The summed E-state index contributed by atoms with van der Waals surface area (Å²) in [5.74, 6) is 0. The summed E-state index contributed by atoms with van der Waals surface area (Å²) in [6, 6.07) is 3.00. The quantitative estimate of drug-likeness (QED) is 0.729. The number of ether oxygens (including phenoxy) is 1. The topological polar surface area (TPSA) is 48.3 Å². The van der Waals surface area contributed by atoms with Crippen LogP contribution in [0.15, 0.2) is 0 Å². The van der Waals surface area contributed by atoms with Crippen molar-refractivity contribution in [3.05, 3.63) is 0 Å². The Hall–Kier alpha value is -0.630. The fourth-order valence-corrected chi connectivity index (χ4v) is 2.78. The number of likely N-dealkylation sites (N-methyl/N-ethyl adjacent to an activating group) is 1. The van der Waals surface area contributed by atoms with Crippen molar-refractivity contribution in [2.45, 2.75) is 44.7 Å². The van der Waals surface area contributed by atoms with Crippen LogP contribution in [0.3, 0.4) is 0 Å². The molecule has 0 aromatic carbocycles. The standard InChI is InChI=1S/C13H25N3O/c1-4-15-13(11-14)7-6-12(10-13)16(5-2)8-9-17-3/h12,15H,4-10H2,1-3H3. The third-order valence-corrected chi connectivity index (χ3v) is 3.72. The van der Waals surface area contributed by atoms with Crippen LogP contribution in [-0.2, 0) is 4.74 Å². The maximum absolute atomic E-state index is 9.34. The fraction of sp³-hybridized carbons (Fsp3) is 0.923. The molecule has 0 bridgehead atoms. The lowest BCUT2D eigenvalue weighted by molar-refractivity contribution is 0.123. The molecule has 1 fully saturated rings. The molecule has 0 heterocycles. The van der Waals surface area contributed by atoms with E-state index in [1.807, 2.05) is 0 Å². The molecule has 2 unspecified atom stereocenters. The minimum Gasteiger partial charge on any atom is -0.383 e. The van der Waals surface area contributed by atoms with Crippen LogP contribution in [0.25, 0.3) is 0 Å². The van der Waals surface area contributed by atoms with Crippen molar-refractivity contribution in [2.75, 3.05) is 33.4 Å². The lowest BCUT2D eigenvalue weighted by atomic mass is 9.99. The predicted octanol–water partition coefficient (Wildman–Crippen LogP) is 1.38. The van der Waals surface area contributed by atoms with E-state index in [2.05, 4.69) is 30.1 Å². The van der Waals surface area contributed by atoms with Gasteiger partial charge in [0.1, 0.15) is 5.54 Å². The molecule has 0 aromatic rings. The summed E-state index contributed by atoms with van der Waals surface area (Å²) in [6.07, 6.45) is 3.01. The third kappa shape index (κ3) is 3.67. The van der Waals surface area contributed by atoms with Crippen LogP contribution in [0.5, 0.6) is 0 Å². The molecule has 1 rings (SSSR count). The molecule has 4 nitrogen and oxygen atoms in total. The Balaban J connectivity index is 2.55. The normalized spacial score (nSPS) is 28.5. The van der Waals surface area contributed by atoms with Crippen molar-refractivity contribution in [3.8, 4) is 6.07 Å². The van der Waals surface area contributed by atoms with Crippen LogP contribution in [-0.4, -0.2) is 49.8 Å². The minimum absolute atomic E-state index is 0.292. The lowest BCUT2D eigenvalue weighted by Gasteiger charge is -2.29. The zero-order valence-electron chi connectivity index (χ0n) is 11.3. The summed E-state index contributed by atoms with van der Waals surface area (Å²) >= 11 is 0. The monoisotopic (exact) mass is 239 g/mol. The number of hydrogen-bond acceptors (Lipinski definition) is 4. The first kappa shape index (κ1) is 14.4. The van der Waals surface area contributed by atoms with Gasteiger partial charge in [-0.25, -0.2) is 0 Å². The summed E-state index contributed by atoms with van der Waals surface area (Å²) in [7, 11) is 1.74. The van der Waals surface area contributed by atoms with Crippen molar-refractivity contribution in [1.82, 2.24) is 10.2 Å². The molecular weight excluding hydrogens is 214 g/mol. The predicted molar refractivity (Wildman–Crippen MR) is 68.8 cm³/mol. The van der Waals surface area contributed by atoms with E-state index in [0.717, 1.165) is 45.5 Å². The third-order valence-electron chi connectivity index (χ3n) is 3.72. The Morgan fingerprint density at radius 1 is 1.53 bits per heavy atom. The van der Waals surface area contributed by atoms with Gasteiger partial charge in [-0.2, -0.15) is 5.26 Å². The SMILES string of the molecule is CCNC1(C#N)CCC(N(CC)CCOC)C1. The number of nitrogens with one attached hydrogen (secondary N) is 1. The summed E-state index contributed by atoms with van der Waals surface area (Å²) in [6.45, 7) is 7.87. The number of hydrogen-bond donors (Lipinski definition) is 1. The molecule has 1 aliphatic carbocycles. The minimum atomic E-state index is -0.292. The van der Waals surface area contributed by atoms with Crippen molar-refractivity contribution < 1.29 is 4.74 Å². The molecule has 0 aliphatic heterocycles. The maximum atomic E-state index is 9.34. The Bertz CT molecular complexity index is 264. The van der Waals surface area contributed by atoms with E-state index in [0.29, 0.717) is 6.04 Å². The molecular formula is C13H25N3O. The van der Waals surface area contributed by atoms with Crippen LogP contribution < -0.4 is 5.32 Å². The molecule has 1 N–H and O–H groups in total. The second kappa shape index (κ2) is 6.95. The van der Waals surface area contributed by atoms with E-state index in [-0.39, 0.29) is 5.54 Å². The van der Waals surface area contributed by atoms with Gasteiger partial charge in [0.25, 0.3) is 0 Å². The molecule has 1 aliphatic rings. The number of methoxy groups -OCH3 is 1. The van der Waals surface area contributed by atoms with E-state index in [9.17, 15) is 5.26 Å². The van der Waals surface area contributed by atoms with E-state index in [1.165, 1.54) is 0 Å². The van der Waals surface area contributed by atoms with Gasteiger partial charge < -0.3 is 4.74 Å². The number of rotatable bonds is 7. The van der Waals surface area contributed by atoms with Crippen LogP contribution in [0.1, 0.15) is 33.1 Å². The summed E-state index contributed by atoms with van der Waals surface area (Å²) in [5.41, 5.74) is -0.292. The van der Waals surface area contributed by atoms with Crippen LogP contribution in [0.2, 0.25) is 0 Å². The number of nitrogens with zero attached hydrogens (tertiary/aromatic N) is 2. The average Bonchev–Trinajstić information content (AvgIpc) is 2.76. The van der Waals surface area contributed by atoms with Gasteiger partial charge in [0.15, 0.2) is 0 Å². The van der Waals surface area contributed by atoms with Crippen LogP contribution in [0.4, 0.5) is 0 Å². The van der Waals surface area contributed by atoms with Gasteiger partial charge in [-0.1, -0.05) is 13.8 Å². The smallest absolute Gasteiger partial charge is 0.108 e. The highest BCUT2D eigenvalue weighted by Crippen LogP contribution is 2.32. The van der Waals surface area contributed by atoms with Gasteiger partial charge in [0.05, 0.1) is 12.7 Å². The molecule has 2 atom stereocenters. The number of nitriles is 1. The van der Waals surface area contributed by atoms with Crippen LogP contribution >= 0.6 is 0 Å². The highest BCUT2D eigenvalue weighted by atomic mass is 16.5. The first-order chi connectivity index (χ1) is 8.21. The maximum Gasteiger partial charge on any atom is 0.108 e. The van der Waals surface area contributed by atoms with Crippen molar-refractivity contribution >= 4 is 0 Å². The molecule has 0 saturated heterocycles. The van der Waals surface area contributed by atoms with E-state index >= 15 is 0 Å². The molecule has 1 saturated carbocycles. The molecule has 0 spiro atoms. The van der Waals surface area contributed by atoms with Crippen LogP contribution in [0, 0.1) is 11.3 Å². The Labute approximate surface area is 105 Å². The molecule has 0 radical (unpaired) electrons. The highest BCUT2D eigenvalue weighted by Gasteiger charge is 2.40. The Morgan fingerprint density at radius 2 is 2.29 bits per heavy atom. The molecule has 0 aromatic heterocycles. The second-order valence-corrected chi connectivity index (χ2v) is 4.74. The summed E-state index contributed by atoms with van der Waals surface area (Å²) in [5, 5.41) is 12.7. The van der Waals surface area contributed by atoms with Gasteiger partial charge in [-0.3, -0.25) is 10.2 Å². The Kier molecular flexibility index (Phi) is 5.90. The lowest BCUT2D eigenvalue weighted by Crippen LogP contribution is -2.44. The summed E-state index contributed by atoms with van der Waals surface area (Å²) in [4.78, 5) is 2.43. The fourth-order valence-electron chi connectivity index (χ4n) is 2.78. The van der Waals surface area contributed by atoms with E-state index in [4.69, 9.17) is 4.74 Å². The van der Waals surface area contributed by atoms with Crippen molar-refractivity contribution in [1.29, 1.82) is 5.26 Å². The highest BCUT2D eigenvalue weighted by molar-refractivity contribution is 5.13. The van der Waals surface area contributed by atoms with Gasteiger partial charge in [-0.15, -0.1) is 0 Å². The molecule has 4 heteroatoms. The van der Waals surface area contributed by atoms with Gasteiger partial charge >= 0.3 is 0 Å². The van der Waals surface area contributed by atoms with Gasteiger partial charge in [0, 0.05) is 19.7 Å². The van der Waals surface area contributed by atoms with E-state index < -0.39 is 0 Å². The average molecular weight is 239 g/mol. The van der Waals surface area contributed by atoms with Crippen molar-refractivity contribution in [2.24, 2.45) is 0 Å². The Morgan fingerprint density at radius 3 is 2.82 bits per heavy atom. The zero-order chi connectivity index (χ0) is 12.7. The van der Waals surface area contributed by atoms with E-state index in [1.54, 1.807) is 7.11 Å². The molecule has 98 valence electrons. The first-order valence-corrected chi connectivity index (χ1v) is 6.60. The molecule has 17 heavy (non-hydrogen) atoms.